The summed E-state index contributed by atoms with van der Waals surface area (Å²) < 4.78 is 0. The second-order valence-electron chi connectivity index (χ2n) is 6.82. The number of rotatable bonds is 3. The molecule has 3 aliphatic rings. The van der Waals surface area contributed by atoms with Crippen molar-refractivity contribution < 1.29 is 9.59 Å². The van der Waals surface area contributed by atoms with E-state index in [1.807, 2.05) is 39.4 Å². The first-order chi connectivity index (χ1) is 12.2. The van der Waals surface area contributed by atoms with Crippen LogP contribution in [0.5, 0.6) is 0 Å². The maximum atomic E-state index is 12.8. The molecule has 2 atom stereocenters. The van der Waals surface area contributed by atoms with Gasteiger partial charge in [0.05, 0.1) is 6.42 Å². The number of carbonyl (C=O) groups is 2. The SMILES string of the molecule is O=C(c1ccccn1)N1C[C@@H]2CC[C@H](C1)N(C(=O)Cc1cccs1)C2. The monoisotopic (exact) mass is 355 g/mol. The Labute approximate surface area is 151 Å². The van der Waals surface area contributed by atoms with Gasteiger partial charge in [-0.3, -0.25) is 14.6 Å². The van der Waals surface area contributed by atoms with E-state index < -0.39 is 0 Å². The van der Waals surface area contributed by atoms with Crippen molar-refractivity contribution >= 4 is 23.2 Å². The number of amides is 2. The van der Waals surface area contributed by atoms with Crippen LogP contribution in [0.3, 0.4) is 0 Å². The Morgan fingerprint density at radius 1 is 1.12 bits per heavy atom. The molecule has 0 aromatic carbocycles. The summed E-state index contributed by atoms with van der Waals surface area (Å²) in [7, 11) is 0. The minimum absolute atomic E-state index is 0.0231. The van der Waals surface area contributed by atoms with Crippen LogP contribution in [0.4, 0.5) is 0 Å². The largest absolute Gasteiger partial charge is 0.337 e. The highest BCUT2D eigenvalue weighted by Crippen LogP contribution is 2.29. The van der Waals surface area contributed by atoms with Crippen LogP contribution in [0.2, 0.25) is 0 Å². The van der Waals surface area contributed by atoms with Gasteiger partial charge in [0, 0.05) is 36.8 Å². The standard InChI is InChI=1S/C19H21N3O2S/c23-18(10-16-4-3-9-25-16)22-12-14-6-7-15(22)13-21(11-14)19(24)17-5-1-2-8-20-17/h1-5,8-9,14-15H,6-7,10-13H2/t14-,15+/m0/s1. The van der Waals surface area contributed by atoms with Gasteiger partial charge in [-0.1, -0.05) is 12.1 Å². The number of hydrogen-bond acceptors (Lipinski definition) is 4. The van der Waals surface area contributed by atoms with Gasteiger partial charge in [-0.2, -0.15) is 0 Å². The van der Waals surface area contributed by atoms with E-state index in [1.54, 1.807) is 23.6 Å². The van der Waals surface area contributed by atoms with Crippen molar-refractivity contribution in [2.45, 2.75) is 25.3 Å². The summed E-state index contributed by atoms with van der Waals surface area (Å²) in [5.74, 6) is 0.521. The fraction of sp³-hybridized carbons (Fsp3) is 0.421. The Bertz CT molecular complexity index is 747. The van der Waals surface area contributed by atoms with Crippen LogP contribution in [0.1, 0.15) is 28.2 Å². The number of nitrogens with zero attached hydrogens (tertiary/aromatic N) is 3. The van der Waals surface area contributed by atoms with Crippen LogP contribution in [-0.2, 0) is 11.2 Å². The minimum Gasteiger partial charge on any atom is -0.337 e. The van der Waals surface area contributed by atoms with Crippen molar-refractivity contribution in [3.8, 4) is 0 Å². The third kappa shape index (κ3) is 3.44. The van der Waals surface area contributed by atoms with E-state index in [0.29, 0.717) is 31.1 Å². The van der Waals surface area contributed by atoms with Crippen LogP contribution in [0.15, 0.2) is 41.9 Å². The van der Waals surface area contributed by atoms with Gasteiger partial charge in [-0.25, -0.2) is 0 Å². The summed E-state index contributed by atoms with van der Waals surface area (Å²) in [6, 6.07) is 9.52. The number of carbonyl (C=O) groups excluding carboxylic acids is 2. The molecular weight excluding hydrogens is 334 g/mol. The van der Waals surface area contributed by atoms with E-state index in [0.717, 1.165) is 24.3 Å². The minimum atomic E-state index is -0.0231. The lowest BCUT2D eigenvalue weighted by molar-refractivity contribution is -0.134. The van der Waals surface area contributed by atoms with Crippen molar-refractivity contribution in [2.75, 3.05) is 19.6 Å². The molecule has 0 saturated carbocycles. The van der Waals surface area contributed by atoms with Crippen molar-refractivity contribution in [1.29, 1.82) is 0 Å². The second kappa shape index (κ2) is 6.96. The fourth-order valence-electron chi connectivity index (χ4n) is 3.87. The Kier molecular flexibility index (Phi) is 4.53. The predicted molar refractivity (Wildman–Crippen MR) is 96.4 cm³/mol. The van der Waals surface area contributed by atoms with Gasteiger partial charge in [0.2, 0.25) is 5.91 Å². The third-order valence-electron chi connectivity index (χ3n) is 5.11. The molecular formula is C19H21N3O2S. The molecule has 0 unspecified atom stereocenters. The molecule has 2 amide bonds. The number of pyridine rings is 1. The van der Waals surface area contributed by atoms with Gasteiger partial charge < -0.3 is 9.80 Å². The first-order valence-corrected chi connectivity index (χ1v) is 9.61. The van der Waals surface area contributed by atoms with Gasteiger partial charge in [0.15, 0.2) is 0 Å². The maximum Gasteiger partial charge on any atom is 0.272 e. The lowest BCUT2D eigenvalue weighted by Gasteiger charge is -2.36. The van der Waals surface area contributed by atoms with Gasteiger partial charge in [0.1, 0.15) is 5.69 Å². The van der Waals surface area contributed by atoms with E-state index >= 15 is 0 Å². The maximum absolute atomic E-state index is 12.8. The van der Waals surface area contributed by atoms with Crippen LogP contribution < -0.4 is 0 Å². The normalized spacial score (nSPS) is 22.7. The van der Waals surface area contributed by atoms with Crippen LogP contribution in [0, 0.1) is 5.92 Å². The molecule has 6 heteroatoms. The molecule has 5 rings (SSSR count). The summed E-state index contributed by atoms with van der Waals surface area (Å²) >= 11 is 1.62. The zero-order valence-electron chi connectivity index (χ0n) is 14.0. The predicted octanol–water partition coefficient (Wildman–Crippen LogP) is 2.45. The molecule has 130 valence electrons. The van der Waals surface area contributed by atoms with Gasteiger partial charge in [-0.15, -0.1) is 11.3 Å². The third-order valence-corrected chi connectivity index (χ3v) is 5.99. The van der Waals surface area contributed by atoms with Crippen molar-refractivity contribution in [1.82, 2.24) is 14.8 Å². The number of thiophene rings is 1. The summed E-state index contributed by atoms with van der Waals surface area (Å²) in [6.07, 6.45) is 4.18. The molecule has 25 heavy (non-hydrogen) atoms. The highest BCUT2D eigenvalue weighted by molar-refractivity contribution is 7.10. The lowest BCUT2D eigenvalue weighted by Crippen LogP contribution is -2.48. The van der Waals surface area contributed by atoms with Gasteiger partial charge >= 0.3 is 0 Å². The zero-order valence-corrected chi connectivity index (χ0v) is 14.8. The van der Waals surface area contributed by atoms with Gasteiger partial charge in [0.25, 0.3) is 5.91 Å². The van der Waals surface area contributed by atoms with Gasteiger partial charge in [-0.05, 0) is 42.3 Å². The van der Waals surface area contributed by atoms with Crippen molar-refractivity contribution in [3.05, 3.63) is 52.5 Å². The van der Waals surface area contributed by atoms with Crippen LogP contribution in [0.25, 0.3) is 0 Å². The molecule has 3 fully saturated rings. The second-order valence-corrected chi connectivity index (χ2v) is 7.86. The summed E-state index contributed by atoms with van der Waals surface area (Å²) in [5.41, 5.74) is 0.486. The quantitative estimate of drug-likeness (QED) is 0.850. The molecule has 3 aliphatic heterocycles. The van der Waals surface area contributed by atoms with Crippen molar-refractivity contribution in [2.24, 2.45) is 5.92 Å². The molecule has 0 aliphatic carbocycles. The lowest BCUT2D eigenvalue weighted by atomic mass is 9.94. The molecule has 3 saturated heterocycles. The highest BCUT2D eigenvalue weighted by atomic mass is 32.1. The Morgan fingerprint density at radius 3 is 2.80 bits per heavy atom. The summed E-state index contributed by atoms with van der Waals surface area (Å²) in [5, 5.41) is 2.00. The molecule has 2 bridgehead atoms. The van der Waals surface area contributed by atoms with E-state index in [4.69, 9.17) is 0 Å². The molecule has 2 aromatic rings. The van der Waals surface area contributed by atoms with Crippen LogP contribution >= 0.6 is 11.3 Å². The average Bonchev–Trinajstić information content (AvgIpc) is 2.98. The summed E-state index contributed by atoms with van der Waals surface area (Å²) in [6.45, 7) is 2.09. The van der Waals surface area contributed by atoms with Crippen molar-refractivity contribution in [3.63, 3.8) is 0 Å². The molecule has 0 spiro atoms. The van der Waals surface area contributed by atoms with Crippen LogP contribution in [-0.4, -0.2) is 52.3 Å². The smallest absolute Gasteiger partial charge is 0.272 e. The van der Waals surface area contributed by atoms with E-state index in [1.165, 1.54) is 0 Å². The molecule has 0 N–H and O–H groups in total. The molecule has 5 nitrogen and oxygen atoms in total. The molecule has 0 radical (unpaired) electrons. The first-order valence-electron chi connectivity index (χ1n) is 8.73. The first kappa shape index (κ1) is 16.3. The number of fused-ring (bicyclic) bond motifs is 4. The number of aromatic nitrogens is 1. The molecule has 2 aromatic heterocycles. The Hall–Kier alpha value is -2.21. The van der Waals surface area contributed by atoms with E-state index in [2.05, 4.69) is 4.98 Å². The molecule has 5 heterocycles. The Morgan fingerprint density at radius 2 is 2.04 bits per heavy atom. The highest BCUT2D eigenvalue weighted by Gasteiger charge is 2.38. The number of piperidine rings is 1. The zero-order chi connectivity index (χ0) is 17.2. The summed E-state index contributed by atoms with van der Waals surface area (Å²) in [4.78, 5) is 34.7. The average molecular weight is 355 g/mol. The topological polar surface area (TPSA) is 53.5 Å². The number of hydrogen-bond donors (Lipinski definition) is 0. The fourth-order valence-corrected chi connectivity index (χ4v) is 4.56. The van der Waals surface area contributed by atoms with E-state index in [-0.39, 0.29) is 17.9 Å². The Balaban J connectivity index is 1.48. The van der Waals surface area contributed by atoms with E-state index in [9.17, 15) is 9.59 Å².